The molecule has 0 aromatic carbocycles. The van der Waals surface area contributed by atoms with Gasteiger partial charge < -0.3 is 89.8 Å². The molecule has 1 unspecified atom stereocenters. The van der Waals surface area contributed by atoms with Crippen LogP contribution in [-0.2, 0) is 76.7 Å². The summed E-state index contributed by atoms with van der Waals surface area (Å²) in [6, 6.07) is -18.3. The molecule has 3 rings (SSSR count). The standard InChI is InChI=1S/C58H92N14O19/c1-29(2)18-13-11-9-8-10-12-14-21-40(74)64-34(24-39(60)73)51(83)70-48-33(7)63-52(84)38-20-17-23-72(38)56(88)45(30(3)4)68-55(87)47(32(6)59)67-42(76)28-62-49(81)35(25-43(77)78)65-41(75)27-61-50(82)36(26-44(79)80)66-54(86)46(31(5)58(90)91)69-53(85)37-19-15-16-22-71(37)57(48)89/h12,14,29-38,45-48H,8-11,13,15-28,59H2,1-7H3,(H2,60,73)(H,61,82)(H,62,81)(H,63,84)(H,64,74)(H,65,75)(H,66,86)(H,67,76)(H,68,87)(H,69,85)(H,70,83)(H,77,78)(H,79,80)(H,90,91)/b14-12+/t31-,32+,33+,34-,35-,36-,37+,38-,45-,46-,47+,48?/m0/s1. The van der Waals surface area contributed by atoms with Crippen molar-refractivity contribution in [1.82, 2.24) is 63.0 Å². The number of nitrogens with zero attached hydrogens (tertiary/aromatic N) is 2. The molecule has 91 heavy (non-hydrogen) atoms. The Kier molecular flexibility index (Phi) is 31.4. The Morgan fingerprint density at radius 3 is 1.69 bits per heavy atom. The highest BCUT2D eigenvalue weighted by Gasteiger charge is 2.45. The summed E-state index contributed by atoms with van der Waals surface area (Å²) in [5.74, 6) is -21.1. The van der Waals surface area contributed by atoms with Gasteiger partial charge in [-0.2, -0.15) is 0 Å². The average Bonchev–Trinajstić information content (AvgIpc) is 1.87. The van der Waals surface area contributed by atoms with Crippen LogP contribution in [0.2, 0.25) is 0 Å². The van der Waals surface area contributed by atoms with Gasteiger partial charge in [0.15, 0.2) is 0 Å². The summed E-state index contributed by atoms with van der Waals surface area (Å²) in [5.41, 5.74) is 11.7. The molecule has 33 nitrogen and oxygen atoms in total. The quantitative estimate of drug-likeness (QED) is 0.0363. The van der Waals surface area contributed by atoms with E-state index in [9.17, 15) is 87.2 Å². The maximum Gasteiger partial charge on any atom is 0.308 e. The number of carbonyl (C=O) groups excluding carboxylic acids is 13. The molecule has 3 heterocycles. The Hall–Kier alpha value is -8.78. The average molecular weight is 1290 g/mol. The highest BCUT2D eigenvalue weighted by atomic mass is 16.4. The summed E-state index contributed by atoms with van der Waals surface area (Å²) in [7, 11) is 0. The van der Waals surface area contributed by atoms with Crippen molar-refractivity contribution in [1.29, 1.82) is 0 Å². The van der Waals surface area contributed by atoms with Crippen molar-refractivity contribution in [2.24, 2.45) is 29.2 Å². The summed E-state index contributed by atoms with van der Waals surface area (Å²) < 4.78 is 0. The van der Waals surface area contributed by atoms with Crippen molar-refractivity contribution in [2.75, 3.05) is 26.2 Å². The number of fused-ring (bicyclic) bond motifs is 2. The molecule has 0 aromatic heterocycles. The fourth-order valence-electron chi connectivity index (χ4n) is 10.4. The molecule has 0 aliphatic carbocycles. The van der Waals surface area contributed by atoms with E-state index in [1.807, 2.05) is 10.6 Å². The van der Waals surface area contributed by atoms with Crippen molar-refractivity contribution >= 4 is 94.7 Å². The fraction of sp³-hybridized carbons (Fsp3) is 0.690. The van der Waals surface area contributed by atoms with Crippen LogP contribution in [0.4, 0.5) is 0 Å². The number of carboxylic acids is 3. The molecule has 3 saturated heterocycles. The maximum absolute atomic E-state index is 15.2. The summed E-state index contributed by atoms with van der Waals surface area (Å²) in [4.78, 5) is 219. The van der Waals surface area contributed by atoms with Crippen LogP contribution in [-0.4, -0.2) is 212 Å². The summed E-state index contributed by atoms with van der Waals surface area (Å²) in [6.07, 6.45) is 6.48. The number of nitrogens with one attached hydrogen (secondary N) is 10. The van der Waals surface area contributed by atoms with Crippen LogP contribution in [0.5, 0.6) is 0 Å². The van der Waals surface area contributed by atoms with Crippen molar-refractivity contribution in [3.63, 3.8) is 0 Å². The lowest BCUT2D eigenvalue weighted by Gasteiger charge is -2.39. The third-order valence-corrected chi connectivity index (χ3v) is 15.5. The molecule has 17 N–H and O–H groups in total. The van der Waals surface area contributed by atoms with Gasteiger partial charge in [-0.25, -0.2) is 0 Å². The lowest BCUT2D eigenvalue weighted by molar-refractivity contribution is -0.149. The lowest BCUT2D eigenvalue weighted by atomic mass is 9.96. The molecule has 0 aromatic rings. The summed E-state index contributed by atoms with van der Waals surface area (Å²) in [6.45, 7) is 8.76. The Labute approximate surface area is 526 Å². The monoisotopic (exact) mass is 1290 g/mol. The molecule has 0 spiro atoms. The first kappa shape index (κ1) is 76.5. The Morgan fingerprint density at radius 1 is 0.604 bits per heavy atom. The normalized spacial score (nSPS) is 25.3. The minimum atomic E-state index is -2.13. The molecule has 13 amide bonds. The molecule has 12 atom stereocenters. The first-order valence-corrected chi connectivity index (χ1v) is 30.7. The van der Waals surface area contributed by atoms with Crippen LogP contribution in [0.25, 0.3) is 0 Å². The van der Waals surface area contributed by atoms with Crippen molar-refractivity contribution in [3.8, 4) is 0 Å². The number of amides is 13. The molecular formula is C58H92N14O19. The lowest BCUT2D eigenvalue weighted by Crippen LogP contribution is -2.66. The minimum absolute atomic E-state index is 0.0286. The van der Waals surface area contributed by atoms with E-state index in [-0.39, 0.29) is 51.6 Å². The van der Waals surface area contributed by atoms with Gasteiger partial charge in [-0.3, -0.25) is 76.7 Å². The van der Waals surface area contributed by atoms with E-state index in [2.05, 4.69) is 56.4 Å². The zero-order chi connectivity index (χ0) is 68.4. The molecule has 0 radical (unpaired) electrons. The predicted molar refractivity (Wildman–Crippen MR) is 321 cm³/mol. The number of unbranched alkanes of at least 4 members (excludes halogenated alkanes) is 4. The smallest absolute Gasteiger partial charge is 0.308 e. The van der Waals surface area contributed by atoms with Gasteiger partial charge in [-0.15, -0.1) is 0 Å². The van der Waals surface area contributed by atoms with E-state index in [0.29, 0.717) is 12.3 Å². The topological polar surface area (TPSA) is 513 Å². The molecule has 0 saturated carbocycles. The second-order valence-corrected chi connectivity index (χ2v) is 23.9. The third kappa shape index (κ3) is 25.2. The maximum atomic E-state index is 15.2. The van der Waals surface area contributed by atoms with Crippen LogP contribution in [0.1, 0.15) is 145 Å². The largest absolute Gasteiger partial charge is 0.481 e. The number of carboxylic acid groups (broad SMARTS) is 3. The van der Waals surface area contributed by atoms with Crippen LogP contribution < -0.4 is 64.6 Å². The van der Waals surface area contributed by atoms with E-state index in [1.165, 1.54) is 18.7 Å². The van der Waals surface area contributed by atoms with Crippen molar-refractivity contribution in [2.45, 2.75) is 211 Å². The van der Waals surface area contributed by atoms with E-state index in [0.717, 1.165) is 43.9 Å². The number of primary amides is 1. The van der Waals surface area contributed by atoms with Gasteiger partial charge in [0.25, 0.3) is 0 Å². The SMILES string of the molecule is CC(C)CCCCCC/C=C/CC(=O)N[C@@H](CC(N)=O)C(=O)NC1C(=O)N2CCCC[C@@H]2C(=O)N[C@@H]([C@H](C)C(=O)O)C(=O)N[C@@H](CC(=O)O)C(=O)NCC(=O)N[C@@H](CC(=O)O)C(=O)NCC(=O)N[C@H]([C@@H](C)N)C(=O)N[C@@H](C(C)C)C(=O)N2CCC[C@H]2C(=O)N[C@@H]1C. The second kappa shape index (κ2) is 37.4. The van der Waals surface area contributed by atoms with Gasteiger partial charge >= 0.3 is 17.9 Å². The number of hydrogen-bond acceptors (Lipinski definition) is 17. The number of hydrogen-bond donors (Lipinski definition) is 15. The second-order valence-electron chi connectivity index (χ2n) is 23.9. The number of rotatable bonds is 22. The molecule has 33 heteroatoms. The van der Waals surface area contributed by atoms with Gasteiger partial charge in [-0.05, 0) is 77.6 Å². The summed E-state index contributed by atoms with van der Waals surface area (Å²) in [5, 5.41) is 52.5. The number of carbonyl (C=O) groups is 16. The Balaban J connectivity index is 2.17. The molecule has 3 fully saturated rings. The van der Waals surface area contributed by atoms with Crippen LogP contribution in [0.3, 0.4) is 0 Å². The van der Waals surface area contributed by atoms with Crippen molar-refractivity contribution < 1.29 is 92.0 Å². The number of aliphatic carboxylic acids is 3. The predicted octanol–water partition coefficient (Wildman–Crippen LogP) is -4.01. The van der Waals surface area contributed by atoms with E-state index >= 15 is 4.79 Å². The van der Waals surface area contributed by atoms with Crippen LogP contribution in [0, 0.1) is 17.8 Å². The van der Waals surface area contributed by atoms with Gasteiger partial charge in [0, 0.05) is 25.6 Å². The van der Waals surface area contributed by atoms with Crippen LogP contribution >= 0.6 is 0 Å². The van der Waals surface area contributed by atoms with E-state index in [1.54, 1.807) is 26.0 Å². The highest BCUT2D eigenvalue weighted by Crippen LogP contribution is 2.24. The first-order chi connectivity index (χ1) is 42.7. The van der Waals surface area contributed by atoms with E-state index < -0.39 is 205 Å². The minimum Gasteiger partial charge on any atom is -0.481 e. The molecule has 0 bridgehead atoms. The Bertz CT molecular complexity index is 2710. The number of piperidine rings is 1. The Morgan fingerprint density at radius 2 is 1.13 bits per heavy atom. The molecule has 508 valence electrons. The molecule has 3 aliphatic heterocycles. The fourth-order valence-corrected chi connectivity index (χ4v) is 10.4. The number of allylic oxidation sites excluding steroid dienone is 1. The third-order valence-electron chi connectivity index (χ3n) is 15.5. The van der Waals surface area contributed by atoms with Gasteiger partial charge in [0.2, 0.25) is 76.8 Å². The zero-order valence-electron chi connectivity index (χ0n) is 52.6. The zero-order valence-corrected chi connectivity index (χ0v) is 52.6. The highest BCUT2D eigenvalue weighted by molar-refractivity contribution is 6.01. The van der Waals surface area contributed by atoms with Crippen LogP contribution in [0.15, 0.2) is 12.2 Å². The van der Waals surface area contributed by atoms with Crippen molar-refractivity contribution in [3.05, 3.63) is 12.2 Å². The first-order valence-electron chi connectivity index (χ1n) is 30.7. The summed E-state index contributed by atoms with van der Waals surface area (Å²) >= 11 is 0. The molecule has 3 aliphatic rings. The molecular weight excluding hydrogens is 1200 g/mol. The number of nitrogens with two attached hydrogens (primary N) is 2. The van der Waals surface area contributed by atoms with Gasteiger partial charge in [-0.1, -0.05) is 65.5 Å². The van der Waals surface area contributed by atoms with E-state index in [4.69, 9.17) is 11.5 Å². The van der Waals surface area contributed by atoms with Gasteiger partial charge in [0.1, 0.15) is 54.4 Å². The van der Waals surface area contributed by atoms with Gasteiger partial charge in [0.05, 0.1) is 44.3 Å².